The van der Waals surface area contributed by atoms with E-state index in [0.29, 0.717) is 27.9 Å². The number of carbonyl (C=O) groups is 1. The third-order valence-corrected chi connectivity index (χ3v) is 5.09. The van der Waals surface area contributed by atoms with Crippen molar-refractivity contribution in [1.29, 1.82) is 0 Å². The number of hydrogen-bond acceptors (Lipinski definition) is 6. The van der Waals surface area contributed by atoms with Crippen molar-refractivity contribution in [3.05, 3.63) is 40.7 Å². The van der Waals surface area contributed by atoms with Crippen molar-refractivity contribution in [1.82, 2.24) is 10.3 Å². The molecular formula is C17H21ClN2O5S. The zero-order valence-corrected chi connectivity index (χ0v) is 16.4. The number of ether oxygens (including phenoxy) is 2. The van der Waals surface area contributed by atoms with Gasteiger partial charge in [-0.25, -0.2) is 4.98 Å². The second-order valence-electron chi connectivity index (χ2n) is 5.44. The monoisotopic (exact) mass is 400 g/mol. The average Bonchev–Trinajstić information content (AvgIpc) is 2.96. The summed E-state index contributed by atoms with van der Waals surface area (Å²) in [6, 6.07) is 7.18. The van der Waals surface area contributed by atoms with Gasteiger partial charge in [0.2, 0.25) is 11.8 Å². The first-order chi connectivity index (χ1) is 12.4. The molecule has 0 bridgehead atoms. The first-order valence-electron chi connectivity index (χ1n) is 7.83. The minimum atomic E-state index is -1.43. The van der Waals surface area contributed by atoms with Crippen molar-refractivity contribution in [2.45, 2.75) is 19.0 Å². The van der Waals surface area contributed by atoms with E-state index in [1.54, 1.807) is 19.1 Å². The molecule has 9 heteroatoms. The number of carbonyl (C=O) groups excluding carboxylic acids is 1. The van der Waals surface area contributed by atoms with E-state index in [2.05, 4.69) is 10.3 Å². The van der Waals surface area contributed by atoms with Gasteiger partial charge >= 0.3 is 0 Å². The van der Waals surface area contributed by atoms with Gasteiger partial charge in [-0.2, -0.15) is 0 Å². The Hall–Kier alpha value is -1.74. The Morgan fingerprint density at radius 2 is 2.04 bits per heavy atom. The molecule has 0 fully saturated rings. The van der Waals surface area contributed by atoms with Gasteiger partial charge in [-0.15, -0.1) is 0 Å². The Balaban J connectivity index is 1.95. The molecule has 0 aliphatic heterocycles. The number of halogens is 1. The summed E-state index contributed by atoms with van der Waals surface area (Å²) in [5.41, 5.74) is 1.20. The molecule has 142 valence electrons. The van der Waals surface area contributed by atoms with Crippen LogP contribution in [0.2, 0.25) is 5.02 Å². The topological polar surface area (TPSA) is 90.7 Å². The molecule has 0 spiro atoms. The first kappa shape index (κ1) is 20.6. The molecule has 1 N–H and O–H groups in total. The van der Waals surface area contributed by atoms with Crippen LogP contribution in [-0.2, 0) is 30.8 Å². The lowest BCUT2D eigenvalue weighted by Crippen LogP contribution is -2.36. The Bertz CT molecular complexity index is 776. The maximum Gasteiger partial charge on any atom is 0.232 e. The Kier molecular flexibility index (Phi) is 7.77. The number of nitrogens with one attached hydrogen (secondary N) is 1. The van der Waals surface area contributed by atoms with E-state index in [-0.39, 0.29) is 24.0 Å². The number of rotatable bonds is 9. The van der Waals surface area contributed by atoms with Crippen LogP contribution in [0, 0.1) is 6.92 Å². The molecule has 0 aliphatic rings. The van der Waals surface area contributed by atoms with Crippen molar-refractivity contribution in [2.75, 3.05) is 26.5 Å². The van der Waals surface area contributed by atoms with Crippen LogP contribution in [0.4, 0.5) is 0 Å². The van der Waals surface area contributed by atoms with Gasteiger partial charge in [0.15, 0.2) is 6.29 Å². The molecule has 26 heavy (non-hydrogen) atoms. The number of aryl methyl sites for hydroxylation is 1. The molecule has 2 rings (SSSR count). The van der Waals surface area contributed by atoms with Crippen molar-refractivity contribution >= 4 is 28.3 Å². The highest BCUT2D eigenvalue weighted by atomic mass is 35.5. The highest BCUT2D eigenvalue weighted by Gasteiger charge is 2.17. The van der Waals surface area contributed by atoms with Crippen LogP contribution in [0.3, 0.4) is 0 Å². The standard InChI is InChI=1S/C17H21ClN2O5S/c1-11-14(20-17(25-11)12-6-4-5-7-13(12)18)9-26(22)10-15(21)19-8-16(23-2)24-3/h4-7,16H,8-10H2,1-3H3,(H,19,21). The predicted octanol–water partition coefficient (Wildman–Crippen LogP) is 2.29. The summed E-state index contributed by atoms with van der Waals surface area (Å²) in [6.45, 7) is 1.92. The normalized spacial score (nSPS) is 12.3. The molecule has 2 aromatic rings. The van der Waals surface area contributed by atoms with Crippen molar-refractivity contribution in [2.24, 2.45) is 0 Å². The average molecular weight is 401 g/mol. The van der Waals surface area contributed by atoms with E-state index in [1.807, 2.05) is 12.1 Å². The highest BCUT2D eigenvalue weighted by Crippen LogP contribution is 2.28. The molecule has 1 amide bonds. The number of benzene rings is 1. The maximum absolute atomic E-state index is 12.3. The van der Waals surface area contributed by atoms with Gasteiger partial charge in [0.1, 0.15) is 11.5 Å². The first-order valence-corrected chi connectivity index (χ1v) is 9.69. The molecule has 1 heterocycles. The second-order valence-corrected chi connectivity index (χ2v) is 7.30. The van der Waals surface area contributed by atoms with Crippen LogP contribution in [0.1, 0.15) is 11.5 Å². The predicted molar refractivity (Wildman–Crippen MR) is 99.2 cm³/mol. The van der Waals surface area contributed by atoms with Crippen LogP contribution in [0.15, 0.2) is 28.7 Å². The molecule has 1 unspecified atom stereocenters. The van der Waals surface area contributed by atoms with Crippen LogP contribution in [0.5, 0.6) is 0 Å². The van der Waals surface area contributed by atoms with E-state index < -0.39 is 17.1 Å². The highest BCUT2D eigenvalue weighted by molar-refractivity contribution is 7.84. The summed E-state index contributed by atoms with van der Waals surface area (Å²) in [5, 5.41) is 3.13. The van der Waals surface area contributed by atoms with Crippen LogP contribution in [0.25, 0.3) is 11.5 Å². The third-order valence-electron chi connectivity index (χ3n) is 3.58. The van der Waals surface area contributed by atoms with E-state index in [4.69, 9.17) is 25.5 Å². The lowest BCUT2D eigenvalue weighted by atomic mass is 10.2. The fraction of sp³-hybridized carbons (Fsp3) is 0.412. The van der Waals surface area contributed by atoms with E-state index in [9.17, 15) is 9.00 Å². The Morgan fingerprint density at radius 1 is 1.35 bits per heavy atom. The minimum absolute atomic E-state index is 0.116. The van der Waals surface area contributed by atoms with Gasteiger partial charge in [-0.05, 0) is 19.1 Å². The fourth-order valence-corrected chi connectivity index (χ4v) is 3.46. The van der Waals surface area contributed by atoms with E-state index in [0.717, 1.165) is 0 Å². The maximum atomic E-state index is 12.3. The van der Waals surface area contributed by atoms with Crippen LogP contribution < -0.4 is 5.32 Å². The Labute approximate surface area is 159 Å². The molecular weight excluding hydrogens is 380 g/mol. The number of amides is 1. The smallest absolute Gasteiger partial charge is 0.232 e. The minimum Gasteiger partial charge on any atom is -0.441 e. The van der Waals surface area contributed by atoms with Crippen molar-refractivity contribution < 1.29 is 22.9 Å². The van der Waals surface area contributed by atoms with Gasteiger partial charge in [0.25, 0.3) is 0 Å². The van der Waals surface area contributed by atoms with Crippen molar-refractivity contribution in [3.8, 4) is 11.5 Å². The Morgan fingerprint density at radius 3 is 2.69 bits per heavy atom. The number of hydrogen-bond donors (Lipinski definition) is 1. The van der Waals surface area contributed by atoms with Gasteiger partial charge < -0.3 is 19.2 Å². The largest absolute Gasteiger partial charge is 0.441 e. The summed E-state index contributed by atoms with van der Waals surface area (Å²) in [4.78, 5) is 16.2. The molecule has 1 atom stereocenters. The molecule has 1 aromatic carbocycles. The fourth-order valence-electron chi connectivity index (χ4n) is 2.17. The van der Waals surface area contributed by atoms with Gasteiger partial charge in [0.05, 0.1) is 28.6 Å². The van der Waals surface area contributed by atoms with Gasteiger partial charge in [-0.3, -0.25) is 9.00 Å². The van der Waals surface area contributed by atoms with Crippen LogP contribution in [-0.4, -0.2) is 47.9 Å². The zero-order chi connectivity index (χ0) is 19.1. The summed E-state index contributed by atoms with van der Waals surface area (Å²) in [7, 11) is 1.52. The lowest BCUT2D eigenvalue weighted by Gasteiger charge is -2.13. The summed E-state index contributed by atoms with van der Waals surface area (Å²) >= 11 is 6.15. The van der Waals surface area contributed by atoms with Crippen molar-refractivity contribution in [3.63, 3.8) is 0 Å². The number of aromatic nitrogens is 1. The summed E-state index contributed by atoms with van der Waals surface area (Å²) < 4.78 is 27.8. The lowest BCUT2D eigenvalue weighted by molar-refractivity contribution is -0.125. The molecule has 0 aliphatic carbocycles. The zero-order valence-electron chi connectivity index (χ0n) is 14.8. The number of nitrogens with zero attached hydrogens (tertiary/aromatic N) is 1. The third kappa shape index (κ3) is 5.63. The van der Waals surface area contributed by atoms with E-state index >= 15 is 0 Å². The second kappa shape index (κ2) is 9.82. The molecule has 7 nitrogen and oxygen atoms in total. The number of methoxy groups -OCH3 is 2. The summed E-state index contributed by atoms with van der Waals surface area (Å²) in [5.74, 6) is 0.536. The molecule has 0 saturated carbocycles. The molecule has 0 radical (unpaired) electrons. The van der Waals surface area contributed by atoms with Gasteiger partial charge in [-0.1, -0.05) is 23.7 Å². The quantitative estimate of drug-likeness (QED) is 0.649. The molecule has 0 saturated heterocycles. The number of oxazole rings is 1. The van der Waals surface area contributed by atoms with Gasteiger partial charge in [0, 0.05) is 25.0 Å². The van der Waals surface area contributed by atoms with Crippen LogP contribution >= 0.6 is 11.6 Å². The van der Waals surface area contributed by atoms with E-state index in [1.165, 1.54) is 14.2 Å². The summed E-state index contributed by atoms with van der Waals surface area (Å²) in [6.07, 6.45) is -0.539. The SMILES string of the molecule is COC(CNC(=O)CS(=O)Cc1nc(-c2ccccc2Cl)oc1C)OC. The molecule has 1 aromatic heterocycles.